The van der Waals surface area contributed by atoms with E-state index in [0.717, 1.165) is 0 Å². The number of rotatable bonds is 5. The third-order valence-corrected chi connectivity index (χ3v) is 3.04. The van der Waals surface area contributed by atoms with Crippen molar-refractivity contribution in [3.63, 3.8) is 0 Å². The van der Waals surface area contributed by atoms with Gasteiger partial charge in [-0.15, -0.1) is 0 Å². The fraction of sp³-hybridized carbons (Fsp3) is 0.267. The van der Waals surface area contributed by atoms with Gasteiger partial charge in [-0.1, -0.05) is 0 Å². The van der Waals surface area contributed by atoms with Crippen LogP contribution in [0, 0.1) is 17.1 Å². The highest BCUT2D eigenvalue weighted by Gasteiger charge is 2.09. The lowest BCUT2D eigenvalue weighted by atomic mass is 10.1. The van der Waals surface area contributed by atoms with Gasteiger partial charge in [-0.3, -0.25) is 0 Å². The standard InChI is InChI=1S/C15H16FN5O/c1-11(9-21-5-4-18-10-21)20-15(22)19-8-13-6-12(7-17)2-3-14(13)16/h2-6,10-11H,8-9H2,1H3,(H2,19,20,22)/t11-/m0/s1. The maximum absolute atomic E-state index is 13.6. The Labute approximate surface area is 127 Å². The monoisotopic (exact) mass is 301 g/mol. The molecule has 0 aliphatic rings. The predicted octanol–water partition coefficient (Wildman–Crippen LogP) is 1.78. The van der Waals surface area contributed by atoms with E-state index in [1.54, 1.807) is 18.7 Å². The van der Waals surface area contributed by atoms with Crippen LogP contribution in [0.2, 0.25) is 0 Å². The summed E-state index contributed by atoms with van der Waals surface area (Å²) in [4.78, 5) is 15.7. The number of hydrogen-bond acceptors (Lipinski definition) is 3. The lowest BCUT2D eigenvalue weighted by molar-refractivity contribution is 0.236. The zero-order valence-electron chi connectivity index (χ0n) is 12.1. The number of aromatic nitrogens is 2. The molecule has 22 heavy (non-hydrogen) atoms. The maximum atomic E-state index is 13.6. The molecule has 0 aliphatic heterocycles. The number of carbonyl (C=O) groups is 1. The minimum Gasteiger partial charge on any atom is -0.335 e. The highest BCUT2D eigenvalue weighted by atomic mass is 19.1. The zero-order valence-corrected chi connectivity index (χ0v) is 12.1. The smallest absolute Gasteiger partial charge is 0.315 e. The molecule has 0 saturated carbocycles. The lowest BCUT2D eigenvalue weighted by Crippen LogP contribution is -2.42. The molecule has 0 saturated heterocycles. The van der Waals surface area contributed by atoms with Crippen LogP contribution < -0.4 is 10.6 Å². The van der Waals surface area contributed by atoms with Gasteiger partial charge in [-0.25, -0.2) is 14.2 Å². The molecule has 0 aliphatic carbocycles. The van der Waals surface area contributed by atoms with Crippen LogP contribution in [-0.2, 0) is 13.1 Å². The van der Waals surface area contributed by atoms with Crippen molar-refractivity contribution in [2.24, 2.45) is 0 Å². The van der Waals surface area contributed by atoms with Gasteiger partial charge < -0.3 is 15.2 Å². The number of nitrogens with zero attached hydrogens (tertiary/aromatic N) is 3. The number of hydrogen-bond donors (Lipinski definition) is 2. The van der Waals surface area contributed by atoms with Crippen molar-refractivity contribution in [1.29, 1.82) is 5.26 Å². The fourth-order valence-electron chi connectivity index (χ4n) is 1.99. The Hall–Kier alpha value is -2.88. The van der Waals surface area contributed by atoms with Crippen molar-refractivity contribution >= 4 is 6.03 Å². The first-order valence-corrected chi connectivity index (χ1v) is 6.77. The van der Waals surface area contributed by atoms with E-state index in [2.05, 4.69) is 15.6 Å². The van der Waals surface area contributed by atoms with E-state index < -0.39 is 11.8 Å². The molecule has 0 unspecified atom stereocenters. The van der Waals surface area contributed by atoms with E-state index >= 15 is 0 Å². The molecule has 114 valence electrons. The molecule has 1 aromatic carbocycles. The van der Waals surface area contributed by atoms with Gasteiger partial charge in [0.1, 0.15) is 5.82 Å². The van der Waals surface area contributed by atoms with E-state index in [9.17, 15) is 9.18 Å². The molecular formula is C15H16FN5O. The quantitative estimate of drug-likeness (QED) is 0.883. The van der Waals surface area contributed by atoms with Crippen LogP contribution in [0.25, 0.3) is 0 Å². The number of imidazole rings is 1. The Bertz CT molecular complexity index is 678. The summed E-state index contributed by atoms with van der Waals surface area (Å²) in [7, 11) is 0. The molecule has 2 amide bonds. The Morgan fingerprint density at radius 2 is 2.36 bits per heavy atom. The Morgan fingerprint density at radius 3 is 3.05 bits per heavy atom. The second-order valence-electron chi connectivity index (χ2n) is 4.91. The maximum Gasteiger partial charge on any atom is 0.315 e. The normalized spacial score (nSPS) is 11.5. The number of nitriles is 1. The van der Waals surface area contributed by atoms with Gasteiger partial charge in [0.25, 0.3) is 0 Å². The first kappa shape index (κ1) is 15.5. The summed E-state index contributed by atoms with van der Waals surface area (Å²) in [6, 6.07) is 5.47. The highest BCUT2D eigenvalue weighted by Crippen LogP contribution is 2.09. The van der Waals surface area contributed by atoms with Crippen LogP contribution in [0.4, 0.5) is 9.18 Å². The van der Waals surface area contributed by atoms with Crippen molar-refractivity contribution in [2.75, 3.05) is 0 Å². The van der Waals surface area contributed by atoms with Crippen molar-refractivity contribution in [1.82, 2.24) is 20.2 Å². The van der Waals surface area contributed by atoms with Crippen molar-refractivity contribution < 1.29 is 9.18 Å². The van der Waals surface area contributed by atoms with Gasteiger partial charge in [0, 0.05) is 37.1 Å². The van der Waals surface area contributed by atoms with E-state index in [1.807, 2.05) is 17.6 Å². The Kier molecular flexibility index (Phi) is 5.09. The van der Waals surface area contributed by atoms with E-state index in [4.69, 9.17) is 5.26 Å². The second kappa shape index (κ2) is 7.22. The molecule has 0 radical (unpaired) electrons. The van der Waals surface area contributed by atoms with Gasteiger partial charge in [-0.05, 0) is 25.1 Å². The first-order valence-electron chi connectivity index (χ1n) is 6.77. The van der Waals surface area contributed by atoms with Crippen LogP contribution in [0.15, 0.2) is 36.9 Å². The average Bonchev–Trinajstić information content (AvgIpc) is 2.99. The molecule has 0 spiro atoms. The Morgan fingerprint density at radius 1 is 1.55 bits per heavy atom. The summed E-state index contributed by atoms with van der Waals surface area (Å²) in [6.45, 7) is 2.47. The molecule has 0 fully saturated rings. The third-order valence-electron chi connectivity index (χ3n) is 3.04. The third kappa shape index (κ3) is 4.31. The van der Waals surface area contributed by atoms with Crippen LogP contribution in [-0.4, -0.2) is 21.6 Å². The largest absolute Gasteiger partial charge is 0.335 e. The predicted molar refractivity (Wildman–Crippen MR) is 78.2 cm³/mol. The van der Waals surface area contributed by atoms with Crippen molar-refractivity contribution in [3.05, 3.63) is 53.9 Å². The number of amides is 2. The van der Waals surface area contributed by atoms with Crippen LogP contribution in [0.1, 0.15) is 18.1 Å². The summed E-state index contributed by atoms with van der Waals surface area (Å²) in [5.74, 6) is -0.453. The molecule has 1 atom stereocenters. The topological polar surface area (TPSA) is 82.7 Å². The lowest BCUT2D eigenvalue weighted by Gasteiger charge is -2.15. The average molecular weight is 301 g/mol. The molecule has 0 bridgehead atoms. The molecule has 6 nitrogen and oxygen atoms in total. The summed E-state index contributed by atoms with van der Waals surface area (Å²) >= 11 is 0. The number of carbonyl (C=O) groups excluding carboxylic acids is 1. The highest BCUT2D eigenvalue weighted by molar-refractivity contribution is 5.74. The second-order valence-corrected chi connectivity index (χ2v) is 4.91. The molecule has 2 aromatic rings. The molecule has 7 heteroatoms. The van der Waals surface area contributed by atoms with Crippen molar-refractivity contribution in [2.45, 2.75) is 26.1 Å². The van der Waals surface area contributed by atoms with Crippen molar-refractivity contribution in [3.8, 4) is 6.07 Å². The van der Waals surface area contributed by atoms with Crippen LogP contribution in [0.5, 0.6) is 0 Å². The molecule has 2 N–H and O–H groups in total. The van der Waals surface area contributed by atoms with Gasteiger partial charge in [-0.2, -0.15) is 5.26 Å². The first-order chi connectivity index (χ1) is 10.6. The van der Waals surface area contributed by atoms with Gasteiger partial charge in [0.15, 0.2) is 0 Å². The minimum atomic E-state index is -0.453. The molecular weight excluding hydrogens is 285 g/mol. The number of nitrogens with one attached hydrogen (secondary N) is 2. The van der Waals surface area contributed by atoms with Crippen LogP contribution >= 0.6 is 0 Å². The number of benzene rings is 1. The van der Waals surface area contributed by atoms with E-state index in [0.29, 0.717) is 12.1 Å². The molecule has 1 heterocycles. The fourth-order valence-corrected chi connectivity index (χ4v) is 1.99. The van der Waals surface area contributed by atoms with Gasteiger partial charge in [0.2, 0.25) is 0 Å². The summed E-state index contributed by atoms with van der Waals surface area (Å²) in [5, 5.41) is 14.1. The number of halogens is 1. The molecule has 2 rings (SSSR count). The minimum absolute atomic E-state index is 0.0188. The van der Waals surface area contributed by atoms with Gasteiger partial charge in [0.05, 0.1) is 18.0 Å². The zero-order chi connectivity index (χ0) is 15.9. The van der Waals surface area contributed by atoms with E-state index in [-0.39, 0.29) is 18.2 Å². The Balaban J connectivity index is 1.84. The summed E-state index contributed by atoms with van der Waals surface area (Å²) in [5.41, 5.74) is 0.628. The SMILES string of the molecule is C[C@@H](Cn1ccnc1)NC(=O)NCc1cc(C#N)ccc1F. The van der Waals surface area contributed by atoms with E-state index in [1.165, 1.54) is 18.2 Å². The summed E-state index contributed by atoms with van der Waals surface area (Å²) < 4.78 is 15.4. The number of urea groups is 1. The molecule has 1 aromatic heterocycles. The van der Waals surface area contributed by atoms with Crippen LogP contribution in [0.3, 0.4) is 0 Å². The van der Waals surface area contributed by atoms with Gasteiger partial charge >= 0.3 is 6.03 Å². The summed E-state index contributed by atoms with van der Waals surface area (Å²) in [6.07, 6.45) is 5.13.